The molecule has 1 aliphatic rings. The first-order chi connectivity index (χ1) is 21.6. The second kappa shape index (κ2) is 12.8. The highest BCUT2D eigenvalue weighted by Crippen LogP contribution is 2.42. The van der Waals surface area contributed by atoms with Crippen LogP contribution in [0.15, 0.2) is 36.5 Å². The molecule has 12 nitrogen and oxygen atoms in total. The molecule has 1 amide bonds. The van der Waals surface area contributed by atoms with E-state index in [1.54, 1.807) is 0 Å². The van der Waals surface area contributed by atoms with Gasteiger partial charge in [-0.05, 0) is 37.3 Å². The standard InChI is InChI=1S/C27H24Cl2F5N7O5/c1-11-35-26(41(37-11)19-8-14(28)4-5-15(19)27(32,33)34)25-24(46-39(3)12(2)43)22(23(44)20(10-42)45-25)40-9-18(36-38-40)13-6-16(30)21(29)17(31)7-13/h4-9,20,22-25,42,44H,10H2,1-3H3/t20-,22+,23+,24-,25-/m1/s1. The van der Waals surface area contributed by atoms with E-state index in [4.69, 9.17) is 32.8 Å². The van der Waals surface area contributed by atoms with E-state index in [1.807, 2.05) is 0 Å². The van der Waals surface area contributed by atoms with Gasteiger partial charge < -0.3 is 14.9 Å². The van der Waals surface area contributed by atoms with Gasteiger partial charge in [-0.25, -0.2) is 28.2 Å². The van der Waals surface area contributed by atoms with Gasteiger partial charge in [-0.2, -0.15) is 18.3 Å². The number of aromatic nitrogens is 6. The highest BCUT2D eigenvalue weighted by Gasteiger charge is 2.51. The Kier molecular flexibility index (Phi) is 9.36. The molecule has 0 radical (unpaired) electrons. The van der Waals surface area contributed by atoms with Gasteiger partial charge in [0.05, 0.1) is 24.1 Å². The summed E-state index contributed by atoms with van der Waals surface area (Å²) in [5.41, 5.74) is -1.78. The Bertz CT molecular complexity index is 1750. The highest BCUT2D eigenvalue weighted by molar-refractivity contribution is 6.31. The molecule has 5 rings (SSSR count). The second-order valence-corrected chi connectivity index (χ2v) is 11.1. The monoisotopic (exact) mass is 691 g/mol. The minimum atomic E-state index is -4.85. The van der Waals surface area contributed by atoms with Gasteiger partial charge in [0.1, 0.15) is 58.6 Å². The maximum Gasteiger partial charge on any atom is 0.418 e. The van der Waals surface area contributed by atoms with E-state index in [0.29, 0.717) is 0 Å². The number of hydrogen-bond donors (Lipinski definition) is 2. The predicted octanol–water partition coefficient (Wildman–Crippen LogP) is 4.25. The van der Waals surface area contributed by atoms with Crippen LogP contribution in [-0.4, -0.2) is 82.9 Å². The van der Waals surface area contributed by atoms with Crippen molar-refractivity contribution in [1.82, 2.24) is 34.8 Å². The summed E-state index contributed by atoms with van der Waals surface area (Å²) < 4.78 is 78.6. The van der Waals surface area contributed by atoms with Crippen molar-refractivity contribution < 1.29 is 46.5 Å². The van der Waals surface area contributed by atoms with Gasteiger partial charge in [0, 0.05) is 24.6 Å². The van der Waals surface area contributed by atoms with Crippen molar-refractivity contribution in [3.05, 3.63) is 75.4 Å². The van der Waals surface area contributed by atoms with Crippen molar-refractivity contribution in [3.63, 3.8) is 0 Å². The largest absolute Gasteiger partial charge is 0.418 e. The minimum Gasteiger partial charge on any atom is -0.394 e. The topological polar surface area (TPSA) is 141 Å². The number of alkyl halides is 3. The summed E-state index contributed by atoms with van der Waals surface area (Å²) in [5.74, 6) is -3.03. The molecule has 2 aromatic carbocycles. The number of hydrogen-bond acceptors (Lipinski definition) is 9. The average molecular weight is 692 g/mol. The fourth-order valence-electron chi connectivity index (χ4n) is 4.95. The molecular weight excluding hydrogens is 668 g/mol. The molecule has 5 atom stereocenters. The van der Waals surface area contributed by atoms with Gasteiger partial charge in [-0.3, -0.25) is 9.63 Å². The van der Waals surface area contributed by atoms with Gasteiger partial charge in [-0.1, -0.05) is 28.4 Å². The van der Waals surface area contributed by atoms with Gasteiger partial charge in [0.15, 0.2) is 5.82 Å². The molecule has 0 unspecified atom stereocenters. The smallest absolute Gasteiger partial charge is 0.394 e. The number of rotatable bonds is 7. The fourth-order valence-corrected chi connectivity index (χ4v) is 5.23. The number of aliphatic hydroxyl groups excluding tert-OH is 2. The summed E-state index contributed by atoms with van der Waals surface area (Å²) in [6, 6.07) is 3.26. The molecule has 4 aromatic rings. The van der Waals surface area contributed by atoms with E-state index >= 15 is 0 Å². The SMILES string of the molecule is CC(=O)N(C)O[C@@H]1[C@@H](n2cc(-c3cc(F)c(Cl)c(F)c3)nn2)[C@@H](O)[C@@H](CO)O[C@H]1c1nc(C)nn1-c1cc(Cl)ccc1C(F)(F)F. The summed E-state index contributed by atoms with van der Waals surface area (Å²) in [5, 5.41) is 33.6. The number of carbonyl (C=O) groups excluding carboxylic acids is 1. The molecule has 46 heavy (non-hydrogen) atoms. The summed E-state index contributed by atoms with van der Waals surface area (Å²) in [6.07, 6.45) is -9.76. The number of nitrogens with zero attached hydrogens (tertiary/aromatic N) is 7. The van der Waals surface area contributed by atoms with Crippen molar-refractivity contribution in [2.45, 2.75) is 50.5 Å². The number of hydroxylamine groups is 2. The van der Waals surface area contributed by atoms with Gasteiger partial charge >= 0.3 is 6.18 Å². The summed E-state index contributed by atoms with van der Waals surface area (Å²) >= 11 is 11.7. The van der Waals surface area contributed by atoms with E-state index in [9.17, 15) is 37.0 Å². The molecule has 0 spiro atoms. The zero-order chi connectivity index (χ0) is 33.7. The number of benzene rings is 2. The third-order valence-corrected chi connectivity index (χ3v) is 7.77. The van der Waals surface area contributed by atoms with Crippen molar-refractivity contribution in [2.75, 3.05) is 13.7 Å². The van der Waals surface area contributed by atoms with Crippen LogP contribution < -0.4 is 0 Å². The van der Waals surface area contributed by atoms with Crippen LogP contribution in [0.5, 0.6) is 0 Å². The van der Waals surface area contributed by atoms with Gasteiger partial charge in [0.2, 0.25) is 5.91 Å². The molecule has 1 fully saturated rings. The van der Waals surface area contributed by atoms with Crippen LogP contribution in [0, 0.1) is 18.6 Å². The lowest BCUT2D eigenvalue weighted by Crippen LogP contribution is -2.55. The zero-order valence-electron chi connectivity index (χ0n) is 24.0. The quantitative estimate of drug-likeness (QED) is 0.165. The average Bonchev–Trinajstić information content (AvgIpc) is 3.62. The molecular formula is C27H24Cl2F5N7O5. The Morgan fingerprint density at radius 3 is 2.46 bits per heavy atom. The van der Waals surface area contributed by atoms with Crippen LogP contribution in [0.2, 0.25) is 10.0 Å². The van der Waals surface area contributed by atoms with E-state index < -0.39 is 77.1 Å². The summed E-state index contributed by atoms with van der Waals surface area (Å²) in [4.78, 5) is 22.4. The lowest BCUT2D eigenvalue weighted by molar-refractivity contribution is -0.279. The third kappa shape index (κ3) is 6.43. The normalized spacial score (nSPS) is 21.9. The van der Waals surface area contributed by atoms with Crippen LogP contribution >= 0.6 is 23.2 Å². The van der Waals surface area contributed by atoms with Crippen LogP contribution in [0.3, 0.4) is 0 Å². The van der Waals surface area contributed by atoms with Crippen LogP contribution in [0.4, 0.5) is 22.0 Å². The first-order valence-corrected chi connectivity index (χ1v) is 14.1. The molecule has 3 heterocycles. The number of aliphatic hydroxyl groups is 2. The molecule has 19 heteroatoms. The minimum absolute atomic E-state index is 0.00317. The zero-order valence-corrected chi connectivity index (χ0v) is 25.5. The van der Waals surface area contributed by atoms with E-state index in [1.165, 1.54) is 20.2 Å². The Balaban J connectivity index is 1.68. The molecule has 0 saturated carbocycles. The molecule has 0 aliphatic carbocycles. The Morgan fingerprint density at radius 1 is 1.17 bits per heavy atom. The molecule has 0 bridgehead atoms. The molecule has 2 N–H and O–H groups in total. The number of ether oxygens (including phenoxy) is 1. The Hall–Kier alpha value is -3.74. The van der Waals surface area contributed by atoms with Crippen LogP contribution in [0.1, 0.15) is 36.3 Å². The highest BCUT2D eigenvalue weighted by atomic mass is 35.5. The maximum atomic E-state index is 14.2. The first-order valence-electron chi connectivity index (χ1n) is 13.3. The van der Waals surface area contributed by atoms with Crippen LogP contribution in [-0.2, 0) is 20.5 Å². The van der Waals surface area contributed by atoms with E-state index in [-0.39, 0.29) is 27.9 Å². The first kappa shape index (κ1) is 33.6. The number of carbonyl (C=O) groups is 1. The van der Waals surface area contributed by atoms with Gasteiger partial charge in [0.25, 0.3) is 0 Å². The molecule has 1 saturated heterocycles. The molecule has 2 aromatic heterocycles. The summed E-state index contributed by atoms with van der Waals surface area (Å²) in [6.45, 7) is 1.77. The van der Waals surface area contributed by atoms with Gasteiger partial charge in [-0.15, -0.1) is 5.10 Å². The second-order valence-electron chi connectivity index (χ2n) is 10.3. The molecule has 1 aliphatic heterocycles. The fraction of sp³-hybridized carbons (Fsp3) is 0.370. The van der Waals surface area contributed by atoms with Crippen molar-refractivity contribution in [1.29, 1.82) is 0 Å². The number of halogens is 7. The number of aryl methyl sites for hydroxylation is 1. The van der Waals surface area contributed by atoms with Crippen molar-refractivity contribution in [3.8, 4) is 16.9 Å². The van der Waals surface area contributed by atoms with Crippen molar-refractivity contribution >= 4 is 29.1 Å². The predicted molar refractivity (Wildman–Crippen MR) is 150 cm³/mol. The van der Waals surface area contributed by atoms with E-state index in [2.05, 4.69) is 20.4 Å². The summed E-state index contributed by atoms with van der Waals surface area (Å²) in [7, 11) is 1.24. The Morgan fingerprint density at radius 2 is 1.85 bits per heavy atom. The number of amides is 1. The van der Waals surface area contributed by atoms with Crippen LogP contribution in [0.25, 0.3) is 16.9 Å². The Labute approximate surface area is 266 Å². The van der Waals surface area contributed by atoms with E-state index in [0.717, 1.165) is 51.7 Å². The molecule has 246 valence electrons. The third-order valence-electron chi connectivity index (χ3n) is 7.17. The van der Waals surface area contributed by atoms with Crippen molar-refractivity contribution in [2.24, 2.45) is 0 Å². The lowest BCUT2D eigenvalue weighted by Gasteiger charge is -2.44. The maximum absolute atomic E-state index is 14.2. The lowest BCUT2D eigenvalue weighted by atomic mass is 9.92.